The average molecular weight is 465 g/mol. The number of hydrogen-bond donors (Lipinski definition) is 0. The minimum atomic E-state index is -3.66. The number of hydrogen-bond acceptors (Lipinski definition) is 5. The molecule has 0 radical (unpaired) electrons. The van der Waals surface area contributed by atoms with Gasteiger partial charge >= 0.3 is 0 Å². The lowest BCUT2D eigenvalue weighted by Crippen LogP contribution is -2.43. The van der Waals surface area contributed by atoms with Crippen LogP contribution in [-0.4, -0.2) is 57.6 Å². The Morgan fingerprint density at radius 1 is 1.13 bits per heavy atom. The van der Waals surface area contributed by atoms with Crippen LogP contribution in [0.3, 0.4) is 0 Å². The molecule has 2 aromatic rings. The first-order valence-electron chi connectivity index (χ1n) is 10.3. The Bertz CT molecular complexity index is 1070. The standard InChI is InChI=1S/C22H25ClN2O5S/c1-16(22(26)25-10-4-6-17-5-2-3-7-20(17)25)30-21-9-8-18(15-19(21)23)31(27,28)24-11-13-29-14-12-24/h2-3,5,7-9,15-16H,4,6,10-14H2,1H3/t16-/m1/s1. The van der Waals surface area contributed by atoms with E-state index in [-0.39, 0.29) is 21.6 Å². The molecule has 7 nitrogen and oxygen atoms in total. The minimum absolute atomic E-state index is 0.0932. The summed E-state index contributed by atoms with van der Waals surface area (Å²) in [5, 5.41) is 0.146. The number of amides is 1. The number of para-hydroxylation sites is 1. The van der Waals surface area contributed by atoms with Gasteiger partial charge in [0.05, 0.1) is 23.1 Å². The van der Waals surface area contributed by atoms with Crippen molar-refractivity contribution in [3.63, 3.8) is 0 Å². The lowest BCUT2D eigenvalue weighted by molar-refractivity contribution is -0.124. The summed E-state index contributed by atoms with van der Waals surface area (Å²) in [5.41, 5.74) is 2.05. The summed E-state index contributed by atoms with van der Waals surface area (Å²) in [6.07, 6.45) is 1.06. The third kappa shape index (κ3) is 4.57. The summed E-state index contributed by atoms with van der Waals surface area (Å²) in [6.45, 7) is 3.66. The molecule has 1 saturated heterocycles. The largest absolute Gasteiger partial charge is 0.479 e. The number of halogens is 1. The molecular formula is C22H25ClN2O5S. The first-order chi connectivity index (χ1) is 14.9. The molecule has 1 fully saturated rings. The average Bonchev–Trinajstić information content (AvgIpc) is 2.80. The Labute approximate surface area is 187 Å². The van der Waals surface area contributed by atoms with Crippen LogP contribution < -0.4 is 9.64 Å². The predicted octanol–water partition coefficient (Wildman–Crippen LogP) is 3.11. The van der Waals surface area contributed by atoms with Gasteiger partial charge in [-0.2, -0.15) is 4.31 Å². The van der Waals surface area contributed by atoms with Crippen LogP contribution in [0, 0.1) is 0 Å². The van der Waals surface area contributed by atoms with Crippen LogP contribution in [0.25, 0.3) is 0 Å². The van der Waals surface area contributed by atoms with Gasteiger partial charge in [-0.25, -0.2) is 8.42 Å². The van der Waals surface area contributed by atoms with Gasteiger partial charge in [-0.15, -0.1) is 0 Å². The van der Waals surface area contributed by atoms with E-state index in [2.05, 4.69) is 0 Å². The summed E-state index contributed by atoms with van der Waals surface area (Å²) in [4.78, 5) is 14.9. The van der Waals surface area contributed by atoms with E-state index in [1.54, 1.807) is 11.8 Å². The van der Waals surface area contributed by atoms with Crippen molar-refractivity contribution in [1.29, 1.82) is 0 Å². The van der Waals surface area contributed by atoms with Crippen molar-refractivity contribution in [2.45, 2.75) is 30.8 Å². The normalized spacial score (nSPS) is 18.3. The summed E-state index contributed by atoms with van der Waals surface area (Å²) in [6, 6.07) is 12.2. The molecule has 166 valence electrons. The highest BCUT2D eigenvalue weighted by Crippen LogP contribution is 2.31. The van der Waals surface area contributed by atoms with Gasteiger partial charge in [-0.1, -0.05) is 29.8 Å². The Morgan fingerprint density at radius 3 is 2.61 bits per heavy atom. The zero-order valence-corrected chi connectivity index (χ0v) is 18.9. The van der Waals surface area contributed by atoms with Gasteiger partial charge in [0.15, 0.2) is 6.10 Å². The fraction of sp³-hybridized carbons (Fsp3) is 0.409. The Kier molecular flexibility index (Phi) is 6.52. The van der Waals surface area contributed by atoms with E-state index in [1.807, 2.05) is 24.3 Å². The zero-order chi connectivity index (χ0) is 22.0. The van der Waals surface area contributed by atoms with E-state index in [4.69, 9.17) is 21.1 Å². The molecule has 9 heteroatoms. The third-order valence-electron chi connectivity index (χ3n) is 5.54. The second kappa shape index (κ2) is 9.16. The summed E-state index contributed by atoms with van der Waals surface area (Å²) in [5.74, 6) is 0.113. The lowest BCUT2D eigenvalue weighted by Gasteiger charge is -2.31. The van der Waals surface area contributed by atoms with Crippen molar-refractivity contribution in [2.75, 3.05) is 37.7 Å². The number of fused-ring (bicyclic) bond motifs is 1. The Hall–Kier alpha value is -2.13. The molecule has 2 aliphatic heterocycles. The van der Waals surface area contributed by atoms with Crippen LogP contribution in [0.4, 0.5) is 5.69 Å². The van der Waals surface area contributed by atoms with Crippen LogP contribution in [0.15, 0.2) is 47.4 Å². The second-order valence-electron chi connectivity index (χ2n) is 7.59. The Balaban J connectivity index is 1.49. The monoisotopic (exact) mass is 464 g/mol. The van der Waals surface area contributed by atoms with Crippen molar-refractivity contribution >= 4 is 33.2 Å². The maximum absolute atomic E-state index is 13.1. The molecular weight excluding hydrogens is 440 g/mol. The number of carbonyl (C=O) groups excluding carboxylic acids is 1. The van der Waals surface area contributed by atoms with Crippen molar-refractivity contribution in [3.8, 4) is 5.75 Å². The molecule has 1 atom stereocenters. The molecule has 0 aromatic heterocycles. The zero-order valence-electron chi connectivity index (χ0n) is 17.3. The second-order valence-corrected chi connectivity index (χ2v) is 9.94. The highest BCUT2D eigenvalue weighted by molar-refractivity contribution is 7.89. The molecule has 1 amide bonds. The van der Waals surface area contributed by atoms with E-state index in [9.17, 15) is 13.2 Å². The van der Waals surface area contributed by atoms with Gasteiger partial charge in [-0.3, -0.25) is 4.79 Å². The van der Waals surface area contributed by atoms with Gasteiger partial charge in [0, 0.05) is 25.3 Å². The maximum Gasteiger partial charge on any atom is 0.267 e. The van der Waals surface area contributed by atoms with E-state index in [0.717, 1.165) is 24.1 Å². The molecule has 0 spiro atoms. The van der Waals surface area contributed by atoms with Crippen LogP contribution in [0.1, 0.15) is 18.9 Å². The summed E-state index contributed by atoms with van der Waals surface area (Å²) >= 11 is 6.33. The number of aryl methyl sites for hydroxylation is 1. The van der Waals surface area contributed by atoms with Gasteiger partial charge in [0.2, 0.25) is 10.0 Å². The highest BCUT2D eigenvalue weighted by atomic mass is 35.5. The number of morpholine rings is 1. The number of carbonyl (C=O) groups is 1. The topological polar surface area (TPSA) is 76.1 Å². The molecule has 2 aromatic carbocycles. The Morgan fingerprint density at radius 2 is 1.87 bits per heavy atom. The summed E-state index contributed by atoms with van der Waals surface area (Å²) < 4.78 is 38.1. The van der Waals surface area contributed by atoms with Crippen molar-refractivity contribution < 1.29 is 22.7 Å². The molecule has 0 N–H and O–H groups in total. The first kappa shape index (κ1) is 22.1. The number of benzene rings is 2. The molecule has 0 aliphatic carbocycles. The van der Waals surface area contributed by atoms with E-state index < -0.39 is 16.1 Å². The smallest absolute Gasteiger partial charge is 0.267 e. The van der Waals surface area contributed by atoms with Gasteiger partial charge < -0.3 is 14.4 Å². The van der Waals surface area contributed by atoms with Crippen LogP contribution in [0.2, 0.25) is 5.02 Å². The molecule has 31 heavy (non-hydrogen) atoms. The third-order valence-corrected chi connectivity index (χ3v) is 7.73. The van der Waals surface area contributed by atoms with E-state index >= 15 is 0 Å². The van der Waals surface area contributed by atoms with Crippen LogP contribution in [-0.2, 0) is 26.0 Å². The molecule has 0 saturated carbocycles. The van der Waals surface area contributed by atoms with Crippen molar-refractivity contribution in [3.05, 3.63) is 53.1 Å². The van der Waals surface area contributed by atoms with E-state index in [1.165, 1.54) is 22.5 Å². The quantitative estimate of drug-likeness (QED) is 0.679. The van der Waals surface area contributed by atoms with Crippen LogP contribution in [0.5, 0.6) is 5.75 Å². The number of anilines is 1. The number of sulfonamides is 1. The van der Waals surface area contributed by atoms with Crippen molar-refractivity contribution in [2.24, 2.45) is 0 Å². The molecule has 2 aliphatic rings. The van der Waals surface area contributed by atoms with Gasteiger partial charge in [0.25, 0.3) is 5.91 Å². The van der Waals surface area contributed by atoms with E-state index in [0.29, 0.717) is 32.8 Å². The SMILES string of the molecule is C[C@@H](Oc1ccc(S(=O)(=O)N2CCOCC2)cc1Cl)C(=O)N1CCCc2ccccc21. The number of ether oxygens (including phenoxy) is 2. The maximum atomic E-state index is 13.1. The number of rotatable bonds is 5. The molecule has 4 rings (SSSR count). The fourth-order valence-electron chi connectivity index (χ4n) is 3.90. The van der Waals surface area contributed by atoms with Gasteiger partial charge in [0.1, 0.15) is 5.75 Å². The van der Waals surface area contributed by atoms with Crippen molar-refractivity contribution in [1.82, 2.24) is 4.31 Å². The van der Waals surface area contributed by atoms with Gasteiger partial charge in [-0.05, 0) is 49.6 Å². The number of nitrogens with zero attached hydrogens (tertiary/aromatic N) is 2. The van der Waals surface area contributed by atoms with Crippen LogP contribution >= 0.6 is 11.6 Å². The molecule has 0 bridgehead atoms. The molecule has 2 heterocycles. The lowest BCUT2D eigenvalue weighted by atomic mass is 10.0. The summed E-state index contributed by atoms with van der Waals surface area (Å²) in [7, 11) is -3.66. The minimum Gasteiger partial charge on any atom is -0.479 e. The molecule has 0 unspecified atom stereocenters. The highest BCUT2D eigenvalue weighted by Gasteiger charge is 2.29. The fourth-order valence-corrected chi connectivity index (χ4v) is 5.62. The predicted molar refractivity (Wildman–Crippen MR) is 118 cm³/mol. The first-order valence-corrected chi connectivity index (χ1v) is 12.1.